The van der Waals surface area contributed by atoms with Crippen LogP contribution in [0.4, 0.5) is 4.79 Å². The van der Waals surface area contributed by atoms with Crippen molar-refractivity contribution in [3.05, 3.63) is 0 Å². The minimum atomic E-state index is 0. The summed E-state index contributed by atoms with van der Waals surface area (Å²) < 4.78 is 0. The number of halogens is 1. The molecule has 5 heteroatoms. The van der Waals surface area contributed by atoms with Crippen LogP contribution in [0.3, 0.4) is 0 Å². The second-order valence-electron chi connectivity index (χ2n) is 4.57. The van der Waals surface area contributed by atoms with E-state index in [4.69, 9.17) is 0 Å². The zero-order valence-corrected chi connectivity index (χ0v) is 10.5. The van der Waals surface area contributed by atoms with Crippen molar-refractivity contribution < 1.29 is 4.79 Å². The molecule has 16 heavy (non-hydrogen) atoms. The molecule has 2 fully saturated rings. The monoisotopic (exact) mass is 247 g/mol. The molecule has 0 spiro atoms. The van der Waals surface area contributed by atoms with Crippen molar-refractivity contribution >= 4 is 18.4 Å². The quantitative estimate of drug-likeness (QED) is 0.771. The molecule has 0 unspecified atom stereocenters. The Morgan fingerprint density at radius 2 is 1.88 bits per heavy atom. The summed E-state index contributed by atoms with van der Waals surface area (Å²) in [7, 11) is 0. The Labute approximate surface area is 104 Å². The number of hydrogen-bond acceptors (Lipinski definition) is 2. The fourth-order valence-electron chi connectivity index (χ4n) is 2.35. The summed E-state index contributed by atoms with van der Waals surface area (Å²) in [5, 5.41) is 6.39. The Hall–Kier alpha value is -0.480. The fourth-order valence-corrected chi connectivity index (χ4v) is 2.35. The van der Waals surface area contributed by atoms with E-state index in [-0.39, 0.29) is 18.4 Å². The van der Waals surface area contributed by atoms with E-state index >= 15 is 0 Å². The van der Waals surface area contributed by atoms with Gasteiger partial charge >= 0.3 is 6.03 Å². The minimum absolute atomic E-state index is 0. The lowest BCUT2D eigenvalue weighted by molar-refractivity contribution is 0.205. The lowest BCUT2D eigenvalue weighted by Gasteiger charge is -2.24. The zero-order valence-electron chi connectivity index (χ0n) is 9.71. The summed E-state index contributed by atoms with van der Waals surface area (Å²) >= 11 is 0. The molecular formula is C11H22ClN3O. The Morgan fingerprint density at radius 1 is 1.25 bits per heavy atom. The summed E-state index contributed by atoms with van der Waals surface area (Å²) in [5.41, 5.74) is 0. The first-order valence-corrected chi connectivity index (χ1v) is 6.10. The van der Waals surface area contributed by atoms with E-state index in [9.17, 15) is 4.79 Å². The largest absolute Gasteiger partial charge is 0.338 e. The Balaban J connectivity index is 0.00000128. The number of carbonyl (C=O) groups excluding carboxylic acids is 1. The highest BCUT2D eigenvalue weighted by Gasteiger charge is 2.19. The van der Waals surface area contributed by atoms with Crippen LogP contribution in [0.25, 0.3) is 0 Å². The molecule has 2 aliphatic rings. The number of urea groups is 1. The van der Waals surface area contributed by atoms with E-state index in [0.717, 1.165) is 32.7 Å². The molecule has 0 aromatic heterocycles. The molecule has 0 radical (unpaired) electrons. The lowest BCUT2D eigenvalue weighted by Crippen LogP contribution is -2.42. The molecule has 2 heterocycles. The fraction of sp³-hybridized carbons (Fsp3) is 0.909. The van der Waals surface area contributed by atoms with Gasteiger partial charge in [0.1, 0.15) is 0 Å². The van der Waals surface area contributed by atoms with E-state index in [1.54, 1.807) is 0 Å². The van der Waals surface area contributed by atoms with Crippen molar-refractivity contribution in [1.82, 2.24) is 15.5 Å². The number of piperidine rings is 1. The summed E-state index contributed by atoms with van der Waals surface area (Å²) in [6, 6.07) is 0.144. The van der Waals surface area contributed by atoms with E-state index in [1.807, 2.05) is 4.90 Å². The van der Waals surface area contributed by atoms with E-state index in [2.05, 4.69) is 10.6 Å². The average molecular weight is 248 g/mol. The topological polar surface area (TPSA) is 44.4 Å². The first-order chi connectivity index (χ1) is 7.36. The van der Waals surface area contributed by atoms with Gasteiger partial charge < -0.3 is 15.5 Å². The van der Waals surface area contributed by atoms with Crippen molar-refractivity contribution in [2.45, 2.75) is 25.7 Å². The van der Waals surface area contributed by atoms with Gasteiger partial charge in [0.05, 0.1) is 0 Å². The maximum absolute atomic E-state index is 11.7. The molecule has 0 aromatic carbocycles. The van der Waals surface area contributed by atoms with Gasteiger partial charge in [-0.05, 0) is 44.7 Å². The highest BCUT2D eigenvalue weighted by atomic mass is 35.5. The number of hydrogen-bond donors (Lipinski definition) is 2. The van der Waals surface area contributed by atoms with Gasteiger partial charge in [-0.2, -0.15) is 0 Å². The number of amides is 2. The van der Waals surface area contributed by atoms with Crippen molar-refractivity contribution in [2.24, 2.45) is 5.92 Å². The van der Waals surface area contributed by atoms with Gasteiger partial charge in [0, 0.05) is 19.6 Å². The Kier molecular flexibility index (Phi) is 5.91. The SMILES string of the molecule is Cl.O=C(NCC1CCNCC1)N1CCCC1. The minimum Gasteiger partial charge on any atom is -0.338 e. The van der Waals surface area contributed by atoms with Gasteiger partial charge in [-0.3, -0.25) is 0 Å². The molecule has 2 aliphatic heterocycles. The van der Waals surface area contributed by atoms with Crippen LogP contribution in [0, 0.1) is 5.92 Å². The summed E-state index contributed by atoms with van der Waals surface area (Å²) in [5.74, 6) is 0.679. The summed E-state index contributed by atoms with van der Waals surface area (Å²) in [6.07, 6.45) is 4.72. The van der Waals surface area contributed by atoms with E-state index in [0.29, 0.717) is 5.92 Å². The number of carbonyl (C=O) groups is 1. The van der Waals surface area contributed by atoms with Gasteiger partial charge in [-0.1, -0.05) is 0 Å². The molecule has 2 N–H and O–H groups in total. The molecule has 0 bridgehead atoms. The number of nitrogens with zero attached hydrogens (tertiary/aromatic N) is 1. The summed E-state index contributed by atoms with van der Waals surface area (Å²) in [6.45, 7) is 4.95. The van der Waals surface area contributed by atoms with Crippen LogP contribution in [0.1, 0.15) is 25.7 Å². The number of nitrogens with one attached hydrogen (secondary N) is 2. The highest BCUT2D eigenvalue weighted by molar-refractivity contribution is 5.85. The third kappa shape index (κ3) is 3.83. The van der Waals surface area contributed by atoms with Crippen LogP contribution in [0.5, 0.6) is 0 Å². The average Bonchev–Trinajstić information content (AvgIpc) is 2.81. The van der Waals surface area contributed by atoms with Gasteiger partial charge in [0.2, 0.25) is 0 Å². The molecule has 2 amide bonds. The highest BCUT2D eigenvalue weighted by Crippen LogP contribution is 2.11. The second kappa shape index (κ2) is 6.97. The van der Waals surface area contributed by atoms with E-state index in [1.165, 1.54) is 25.7 Å². The van der Waals surface area contributed by atoms with Crippen molar-refractivity contribution in [3.63, 3.8) is 0 Å². The first-order valence-electron chi connectivity index (χ1n) is 6.10. The van der Waals surface area contributed by atoms with Crippen LogP contribution in [-0.4, -0.2) is 43.7 Å². The second-order valence-corrected chi connectivity index (χ2v) is 4.57. The predicted molar refractivity (Wildman–Crippen MR) is 67.0 cm³/mol. The molecule has 2 rings (SSSR count). The van der Waals surface area contributed by atoms with Crippen LogP contribution >= 0.6 is 12.4 Å². The van der Waals surface area contributed by atoms with Gasteiger partial charge in [-0.25, -0.2) is 4.79 Å². The lowest BCUT2D eigenvalue weighted by atomic mass is 9.98. The third-order valence-electron chi connectivity index (χ3n) is 3.39. The zero-order chi connectivity index (χ0) is 10.5. The number of likely N-dealkylation sites (tertiary alicyclic amines) is 1. The molecule has 0 saturated carbocycles. The van der Waals surface area contributed by atoms with Crippen molar-refractivity contribution in [3.8, 4) is 0 Å². The first kappa shape index (κ1) is 13.6. The molecule has 0 aromatic rings. The maximum Gasteiger partial charge on any atom is 0.317 e. The van der Waals surface area contributed by atoms with Crippen LogP contribution < -0.4 is 10.6 Å². The standard InChI is InChI=1S/C11H21N3O.ClH/c15-11(14-7-1-2-8-14)13-9-10-3-5-12-6-4-10;/h10,12H,1-9H2,(H,13,15);1H. The van der Waals surface area contributed by atoms with Crippen LogP contribution in [-0.2, 0) is 0 Å². The van der Waals surface area contributed by atoms with Crippen LogP contribution in [0.15, 0.2) is 0 Å². The van der Waals surface area contributed by atoms with Gasteiger partial charge in [-0.15, -0.1) is 12.4 Å². The normalized spacial score (nSPS) is 21.6. The maximum atomic E-state index is 11.7. The molecule has 2 saturated heterocycles. The van der Waals surface area contributed by atoms with Crippen LogP contribution in [0.2, 0.25) is 0 Å². The third-order valence-corrected chi connectivity index (χ3v) is 3.39. The molecule has 94 valence electrons. The van der Waals surface area contributed by atoms with E-state index < -0.39 is 0 Å². The van der Waals surface area contributed by atoms with Crippen molar-refractivity contribution in [1.29, 1.82) is 0 Å². The van der Waals surface area contributed by atoms with Gasteiger partial charge in [0.15, 0.2) is 0 Å². The van der Waals surface area contributed by atoms with Gasteiger partial charge in [0.25, 0.3) is 0 Å². The Bertz CT molecular complexity index is 213. The number of rotatable bonds is 2. The smallest absolute Gasteiger partial charge is 0.317 e. The molecule has 0 aliphatic carbocycles. The predicted octanol–water partition coefficient (Wildman–Crippen LogP) is 1.21. The molecule has 4 nitrogen and oxygen atoms in total. The summed E-state index contributed by atoms with van der Waals surface area (Å²) in [4.78, 5) is 13.6. The van der Waals surface area contributed by atoms with Crippen molar-refractivity contribution in [2.75, 3.05) is 32.7 Å². The molecular weight excluding hydrogens is 226 g/mol. The Morgan fingerprint density at radius 3 is 2.50 bits per heavy atom. The molecule has 0 atom stereocenters.